The lowest BCUT2D eigenvalue weighted by molar-refractivity contribution is 0.221. The maximum atomic E-state index is 10.8. The summed E-state index contributed by atoms with van der Waals surface area (Å²) in [6.07, 6.45) is 1.47. The number of aliphatic hydroxyl groups excluding tert-OH is 1. The maximum Gasteiger partial charge on any atom is 0.105 e. The molecular formula is C19H18OS. The number of aliphatic hydroxyl groups is 1. The average molecular weight is 294 g/mol. The van der Waals surface area contributed by atoms with Gasteiger partial charge < -0.3 is 5.11 Å². The molecule has 0 amide bonds. The van der Waals surface area contributed by atoms with Crippen LogP contribution in [0.25, 0.3) is 10.8 Å². The van der Waals surface area contributed by atoms with Crippen LogP contribution in [-0.2, 0) is 0 Å². The molecule has 1 atom stereocenters. The molecular weight excluding hydrogens is 276 g/mol. The number of aryl methyl sites for hydroxylation is 1. The van der Waals surface area contributed by atoms with Crippen molar-refractivity contribution >= 4 is 22.5 Å². The van der Waals surface area contributed by atoms with E-state index in [1.165, 1.54) is 4.90 Å². The number of hydrogen-bond acceptors (Lipinski definition) is 2. The first kappa shape index (κ1) is 14.2. The van der Waals surface area contributed by atoms with E-state index in [1.54, 1.807) is 11.8 Å². The van der Waals surface area contributed by atoms with Crippen molar-refractivity contribution in [3.8, 4) is 0 Å². The zero-order valence-corrected chi connectivity index (χ0v) is 13.0. The SMILES string of the molecule is CSc1ccc(C(O)c2c(C)ccc3ccccc23)cc1. The van der Waals surface area contributed by atoms with Crippen molar-refractivity contribution in [2.24, 2.45) is 0 Å². The van der Waals surface area contributed by atoms with E-state index in [0.717, 1.165) is 27.5 Å². The Balaban J connectivity index is 2.12. The van der Waals surface area contributed by atoms with Gasteiger partial charge in [0.2, 0.25) is 0 Å². The van der Waals surface area contributed by atoms with E-state index in [4.69, 9.17) is 0 Å². The first-order valence-corrected chi connectivity index (χ1v) is 8.23. The zero-order valence-electron chi connectivity index (χ0n) is 12.2. The molecule has 3 rings (SSSR count). The average Bonchev–Trinajstić information content (AvgIpc) is 2.54. The minimum atomic E-state index is -0.591. The van der Waals surface area contributed by atoms with E-state index in [0.29, 0.717) is 0 Å². The summed E-state index contributed by atoms with van der Waals surface area (Å²) in [5, 5.41) is 13.1. The molecule has 0 aliphatic rings. The Morgan fingerprint density at radius 2 is 1.62 bits per heavy atom. The van der Waals surface area contributed by atoms with Gasteiger partial charge in [-0.05, 0) is 52.8 Å². The Kier molecular flexibility index (Phi) is 4.00. The van der Waals surface area contributed by atoms with Crippen LogP contribution in [0.5, 0.6) is 0 Å². The smallest absolute Gasteiger partial charge is 0.105 e. The monoisotopic (exact) mass is 294 g/mol. The molecule has 1 nitrogen and oxygen atoms in total. The van der Waals surface area contributed by atoms with Crippen LogP contribution in [0.4, 0.5) is 0 Å². The second-order valence-corrected chi connectivity index (χ2v) is 6.07. The standard InChI is InChI=1S/C19H18OS/c1-13-7-8-14-5-3-4-6-17(14)18(13)19(20)15-9-11-16(21-2)12-10-15/h3-12,19-20H,1-2H3. The lowest BCUT2D eigenvalue weighted by Crippen LogP contribution is -2.03. The third kappa shape index (κ3) is 2.69. The van der Waals surface area contributed by atoms with Crippen molar-refractivity contribution in [1.29, 1.82) is 0 Å². The van der Waals surface area contributed by atoms with Crippen LogP contribution in [-0.4, -0.2) is 11.4 Å². The van der Waals surface area contributed by atoms with Gasteiger partial charge in [-0.15, -0.1) is 11.8 Å². The van der Waals surface area contributed by atoms with Gasteiger partial charge in [0.25, 0.3) is 0 Å². The molecule has 0 saturated heterocycles. The molecule has 0 radical (unpaired) electrons. The Hall–Kier alpha value is -1.77. The van der Waals surface area contributed by atoms with Crippen LogP contribution >= 0.6 is 11.8 Å². The molecule has 0 heterocycles. The fourth-order valence-electron chi connectivity index (χ4n) is 2.72. The van der Waals surface area contributed by atoms with E-state index < -0.39 is 6.10 Å². The van der Waals surface area contributed by atoms with Crippen LogP contribution in [0.3, 0.4) is 0 Å². The quantitative estimate of drug-likeness (QED) is 0.690. The highest BCUT2D eigenvalue weighted by Gasteiger charge is 2.16. The fourth-order valence-corrected chi connectivity index (χ4v) is 3.13. The molecule has 2 heteroatoms. The van der Waals surface area contributed by atoms with Gasteiger partial charge in [-0.1, -0.05) is 48.5 Å². The Morgan fingerprint density at radius 3 is 2.33 bits per heavy atom. The van der Waals surface area contributed by atoms with E-state index in [9.17, 15) is 5.11 Å². The highest BCUT2D eigenvalue weighted by Crippen LogP contribution is 2.32. The number of fused-ring (bicyclic) bond motifs is 1. The number of thioether (sulfide) groups is 1. The highest BCUT2D eigenvalue weighted by molar-refractivity contribution is 7.98. The molecule has 21 heavy (non-hydrogen) atoms. The van der Waals surface area contributed by atoms with Gasteiger partial charge in [-0.3, -0.25) is 0 Å². The molecule has 0 saturated carbocycles. The Labute approximate surface area is 129 Å². The third-order valence-corrected chi connectivity index (χ3v) is 4.64. The summed E-state index contributed by atoms with van der Waals surface area (Å²) in [4.78, 5) is 1.21. The Bertz CT molecular complexity index is 762. The van der Waals surface area contributed by atoms with E-state index in [-0.39, 0.29) is 0 Å². The zero-order chi connectivity index (χ0) is 14.8. The summed E-state index contributed by atoms with van der Waals surface area (Å²) in [6, 6.07) is 20.5. The van der Waals surface area contributed by atoms with E-state index >= 15 is 0 Å². The summed E-state index contributed by atoms with van der Waals surface area (Å²) in [6.45, 7) is 2.06. The van der Waals surface area contributed by atoms with Crippen LogP contribution in [0.1, 0.15) is 22.8 Å². The van der Waals surface area contributed by atoms with Gasteiger partial charge in [0, 0.05) is 4.90 Å². The molecule has 3 aromatic carbocycles. The van der Waals surface area contributed by atoms with Crippen LogP contribution in [0.2, 0.25) is 0 Å². The van der Waals surface area contributed by atoms with Crippen molar-refractivity contribution < 1.29 is 5.11 Å². The number of hydrogen-bond donors (Lipinski definition) is 1. The summed E-state index contributed by atoms with van der Waals surface area (Å²) < 4.78 is 0. The van der Waals surface area contributed by atoms with Gasteiger partial charge in [0.05, 0.1) is 0 Å². The topological polar surface area (TPSA) is 20.2 Å². The lowest BCUT2D eigenvalue weighted by atomic mass is 9.92. The molecule has 0 aromatic heterocycles. The number of rotatable bonds is 3. The van der Waals surface area contributed by atoms with E-state index in [1.807, 2.05) is 24.3 Å². The second-order valence-electron chi connectivity index (χ2n) is 5.19. The summed E-state index contributed by atoms with van der Waals surface area (Å²) in [7, 11) is 0. The van der Waals surface area contributed by atoms with Gasteiger partial charge in [-0.2, -0.15) is 0 Å². The normalized spacial score (nSPS) is 12.5. The van der Waals surface area contributed by atoms with Crippen LogP contribution < -0.4 is 0 Å². The molecule has 0 spiro atoms. The van der Waals surface area contributed by atoms with Gasteiger partial charge >= 0.3 is 0 Å². The van der Waals surface area contributed by atoms with Crippen molar-refractivity contribution in [1.82, 2.24) is 0 Å². The molecule has 0 fully saturated rings. The largest absolute Gasteiger partial charge is 0.384 e. The molecule has 0 aliphatic carbocycles. The van der Waals surface area contributed by atoms with Crippen molar-refractivity contribution in [3.63, 3.8) is 0 Å². The predicted octanol–water partition coefficient (Wildman–Crippen LogP) is 4.95. The third-order valence-electron chi connectivity index (χ3n) is 3.89. The van der Waals surface area contributed by atoms with Gasteiger partial charge in [0.15, 0.2) is 0 Å². The molecule has 1 N–H and O–H groups in total. The second kappa shape index (κ2) is 5.92. The van der Waals surface area contributed by atoms with Crippen molar-refractivity contribution in [2.45, 2.75) is 17.9 Å². The molecule has 1 unspecified atom stereocenters. The number of benzene rings is 3. The molecule has 3 aromatic rings. The Morgan fingerprint density at radius 1 is 0.905 bits per heavy atom. The minimum absolute atomic E-state index is 0.591. The summed E-state index contributed by atoms with van der Waals surface area (Å²) >= 11 is 1.71. The first-order valence-electron chi connectivity index (χ1n) is 7.01. The molecule has 106 valence electrons. The summed E-state index contributed by atoms with van der Waals surface area (Å²) in [5.41, 5.74) is 3.06. The maximum absolute atomic E-state index is 10.8. The molecule has 0 aliphatic heterocycles. The van der Waals surface area contributed by atoms with Crippen molar-refractivity contribution in [2.75, 3.05) is 6.26 Å². The predicted molar refractivity (Wildman–Crippen MR) is 91.0 cm³/mol. The van der Waals surface area contributed by atoms with Crippen LogP contribution in [0.15, 0.2) is 65.6 Å². The van der Waals surface area contributed by atoms with Crippen molar-refractivity contribution in [3.05, 3.63) is 77.4 Å². The van der Waals surface area contributed by atoms with Crippen LogP contribution in [0, 0.1) is 6.92 Å². The van der Waals surface area contributed by atoms with Gasteiger partial charge in [-0.25, -0.2) is 0 Å². The summed E-state index contributed by atoms with van der Waals surface area (Å²) in [5.74, 6) is 0. The first-order chi connectivity index (χ1) is 10.2. The molecule has 0 bridgehead atoms. The lowest BCUT2D eigenvalue weighted by Gasteiger charge is -2.17. The minimum Gasteiger partial charge on any atom is -0.384 e. The van der Waals surface area contributed by atoms with E-state index in [2.05, 4.69) is 49.6 Å². The van der Waals surface area contributed by atoms with Gasteiger partial charge in [0.1, 0.15) is 6.10 Å². The highest BCUT2D eigenvalue weighted by atomic mass is 32.2. The fraction of sp³-hybridized carbons (Fsp3) is 0.158.